The van der Waals surface area contributed by atoms with Crippen molar-refractivity contribution in [2.75, 3.05) is 14.2 Å². The number of ether oxygens (including phenoxy) is 2. The van der Waals surface area contributed by atoms with E-state index in [1.807, 2.05) is 0 Å². The van der Waals surface area contributed by atoms with E-state index in [-0.39, 0.29) is 31.1 Å². The molecule has 0 bridgehead atoms. The number of aromatic amines is 1. The molecule has 320 valence electrons. The Labute approximate surface area is 337 Å². The number of H-pyrrole nitrogens is 1. The molecule has 0 radical (unpaired) electrons. The van der Waals surface area contributed by atoms with Crippen LogP contribution >= 0.6 is 0 Å². The van der Waals surface area contributed by atoms with Gasteiger partial charge >= 0.3 is 17.9 Å². The fourth-order valence-corrected chi connectivity index (χ4v) is 7.71. The van der Waals surface area contributed by atoms with Gasteiger partial charge in [0.1, 0.15) is 30.0 Å². The third-order valence-corrected chi connectivity index (χ3v) is 11.2. The number of carbonyl (C=O) groups is 6. The van der Waals surface area contributed by atoms with Crippen LogP contribution in [0.4, 0.5) is 0 Å². The van der Waals surface area contributed by atoms with E-state index >= 15 is 0 Å². The number of nitrogens with two attached hydrogens (primary N) is 1. The number of carboxylic acids is 2. The van der Waals surface area contributed by atoms with Gasteiger partial charge in [0.15, 0.2) is 0 Å². The molecule has 2 saturated carbocycles. The lowest BCUT2D eigenvalue weighted by Crippen LogP contribution is -2.59. The minimum absolute atomic E-state index is 0.0757. The minimum Gasteiger partial charge on any atom is -0.497 e. The van der Waals surface area contributed by atoms with Gasteiger partial charge in [-0.2, -0.15) is 0 Å². The molecule has 3 amide bonds. The normalized spacial score (nSPS) is 17.7. The maximum atomic E-state index is 14.4. The molecule has 0 aliphatic heterocycles. The molecule has 2 aliphatic carbocycles. The van der Waals surface area contributed by atoms with E-state index in [9.17, 15) is 49.2 Å². The van der Waals surface area contributed by atoms with Gasteiger partial charge in [-0.15, -0.1) is 0 Å². The highest BCUT2D eigenvalue weighted by Crippen LogP contribution is 2.37. The molecule has 2 fully saturated rings. The Morgan fingerprint density at radius 3 is 2.05 bits per heavy atom. The van der Waals surface area contributed by atoms with Crippen molar-refractivity contribution < 1.29 is 58.7 Å². The number of aliphatic carboxylic acids is 2. The molecule has 0 spiro atoms. The van der Waals surface area contributed by atoms with Gasteiger partial charge in [-0.25, -0.2) is 4.98 Å². The van der Waals surface area contributed by atoms with Gasteiger partial charge in [0.2, 0.25) is 17.7 Å². The summed E-state index contributed by atoms with van der Waals surface area (Å²) in [6.45, 7) is 0. The van der Waals surface area contributed by atoms with Gasteiger partial charge in [-0.05, 0) is 61.6 Å². The van der Waals surface area contributed by atoms with E-state index in [0.29, 0.717) is 23.4 Å². The Balaban J connectivity index is 1.66. The molecule has 1 aromatic heterocycles. The zero-order valence-electron chi connectivity index (χ0n) is 33.1. The van der Waals surface area contributed by atoms with Crippen LogP contribution in [0.25, 0.3) is 0 Å². The van der Waals surface area contributed by atoms with E-state index in [0.717, 1.165) is 52.1 Å². The predicted octanol–water partition coefficient (Wildman–Crippen LogP) is 0.976. The van der Waals surface area contributed by atoms with E-state index < -0.39 is 96.7 Å². The number of hydrogen-bond acceptors (Lipinski definition) is 12. The Morgan fingerprint density at radius 1 is 0.879 bits per heavy atom. The Hall–Kier alpha value is -5.07. The zero-order chi connectivity index (χ0) is 42.4. The number of esters is 1. The summed E-state index contributed by atoms with van der Waals surface area (Å²) < 4.78 is 9.89. The second kappa shape index (κ2) is 21.6. The number of hydrogen-bond donors (Lipinski definition) is 9. The standard InChI is InChI=1S/C40H58N6O12/c1-57-27-12-8-24(9-13-27)17-30(46-39(56)40(19-32(47)48,20-33(49)50)15-14-28(41)38(55)58-2)36(53)45-31(18-26-21-42-22-43-26)37(54)44-29(16-23-6-4-3-5-7-23)35(52)34(51)25-10-11-25/h8-9,12-13,21-23,25,28-31,34-35,51-52H,3-7,10-11,14-20,41H2,1-2H3,(H,42,43)(H,44,54)(H,45,53)(H,46,56)(H,47,48)(H,49,50)/t28-,29-,30-,31-,34-,35+/m0/s1. The van der Waals surface area contributed by atoms with Crippen LogP contribution < -0.4 is 26.4 Å². The van der Waals surface area contributed by atoms with Crippen molar-refractivity contribution in [2.45, 2.75) is 126 Å². The third kappa shape index (κ3) is 13.5. The van der Waals surface area contributed by atoms with Crippen molar-refractivity contribution in [3.8, 4) is 5.75 Å². The monoisotopic (exact) mass is 814 g/mol. The van der Waals surface area contributed by atoms with Gasteiger partial charge in [0.25, 0.3) is 0 Å². The molecule has 18 heteroatoms. The number of aliphatic hydroxyl groups is 2. The van der Waals surface area contributed by atoms with Gasteiger partial charge in [-0.3, -0.25) is 28.8 Å². The number of imidazole rings is 1. The molecule has 2 aliphatic rings. The van der Waals surface area contributed by atoms with Gasteiger partial charge in [0, 0.05) is 19.0 Å². The summed E-state index contributed by atoms with van der Waals surface area (Å²) in [6, 6.07) is 1.59. The summed E-state index contributed by atoms with van der Waals surface area (Å²) >= 11 is 0. The molecular formula is C40H58N6O12. The number of carboxylic acid groups (broad SMARTS) is 2. The van der Waals surface area contributed by atoms with Crippen LogP contribution in [0.1, 0.15) is 88.3 Å². The van der Waals surface area contributed by atoms with Crippen molar-refractivity contribution in [3.05, 3.63) is 48.0 Å². The average molecular weight is 815 g/mol. The zero-order valence-corrected chi connectivity index (χ0v) is 33.1. The van der Waals surface area contributed by atoms with Gasteiger partial charge in [-0.1, -0.05) is 44.2 Å². The number of carbonyl (C=O) groups excluding carboxylic acids is 4. The average Bonchev–Trinajstić information content (AvgIpc) is 3.93. The SMILES string of the molecule is COC(=O)[C@@H](N)CCC(CC(=O)O)(CC(=O)O)C(=O)N[C@@H](Cc1ccc(OC)cc1)C(=O)N[C@@H](Cc1c[nH]cn1)C(=O)N[C@@H](CC1CCCCC1)[C@@H](O)[C@@H](O)C1CC1. The fraction of sp³-hybridized carbons (Fsp3) is 0.625. The van der Waals surface area contributed by atoms with Crippen LogP contribution in [-0.2, 0) is 46.3 Å². The molecule has 58 heavy (non-hydrogen) atoms. The van der Waals surface area contributed by atoms with Crippen molar-refractivity contribution in [2.24, 2.45) is 23.0 Å². The van der Waals surface area contributed by atoms with Gasteiger partial charge < -0.3 is 56.6 Å². The molecule has 2 aromatic rings. The molecule has 18 nitrogen and oxygen atoms in total. The predicted molar refractivity (Wildman–Crippen MR) is 207 cm³/mol. The number of amides is 3. The number of nitrogens with one attached hydrogen (secondary N) is 4. The Morgan fingerprint density at radius 2 is 1.50 bits per heavy atom. The topological polar surface area (TPSA) is 293 Å². The van der Waals surface area contributed by atoms with Crippen LogP contribution in [0.15, 0.2) is 36.8 Å². The first-order valence-electron chi connectivity index (χ1n) is 19.8. The molecule has 6 atom stereocenters. The van der Waals surface area contributed by atoms with Crippen molar-refractivity contribution in [1.82, 2.24) is 25.9 Å². The number of nitrogens with zero attached hydrogens (tertiary/aromatic N) is 1. The highest BCUT2D eigenvalue weighted by molar-refractivity contribution is 5.96. The molecular weight excluding hydrogens is 756 g/mol. The van der Waals surface area contributed by atoms with E-state index in [1.54, 1.807) is 30.5 Å². The van der Waals surface area contributed by atoms with Crippen molar-refractivity contribution in [1.29, 1.82) is 0 Å². The first-order valence-corrected chi connectivity index (χ1v) is 19.8. The van der Waals surface area contributed by atoms with Crippen molar-refractivity contribution in [3.63, 3.8) is 0 Å². The number of aliphatic hydroxyl groups excluding tert-OH is 2. The van der Waals surface area contributed by atoms with Crippen LogP contribution in [0.3, 0.4) is 0 Å². The van der Waals surface area contributed by atoms with Crippen LogP contribution in [0, 0.1) is 17.3 Å². The number of aromatic nitrogens is 2. The Kier molecular flexibility index (Phi) is 17.0. The largest absolute Gasteiger partial charge is 0.497 e. The van der Waals surface area contributed by atoms with Crippen LogP contribution in [0.2, 0.25) is 0 Å². The minimum atomic E-state index is -2.17. The first kappa shape index (κ1) is 45.6. The van der Waals surface area contributed by atoms with Gasteiger partial charge in [0.05, 0.1) is 56.6 Å². The van der Waals surface area contributed by atoms with Crippen molar-refractivity contribution >= 4 is 35.6 Å². The number of benzene rings is 1. The number of rotatable bonds is 24. The molecule has 0 saturated heterocycles. The second-order valence-electron chi connectivity index (χ2n) is 15.7. The Bertz CT molecular complexity index is 1660. The second-order valence-corrected chi connectivity index (χ2v) is 15.7. The lowest BCUT2D eigenvalue weighted by molar-refractivity contribution is -0.152. The summed E-state index contributed by atoms with van der Waals surface area (Å²) in [5.41, 5.74) is 4.66. The summed E-state index contributed by atoms with van der Waals surface area (Å²) in [5, 5.41) is 50.2. The van der Waals surface area contributed by atoms with E-state index in [1.165, 1.54) is 13.4 Å². The molecule has 10 N–H and O–H groups in total. The maximum absolute atomic E-state index is 14.4. The lowest BCUT2D eigenvalue weighted by Gasteiger charge is -2.34. The van der Waals surface area contributed by atoms with E-state index in [2.05, 4.69) is 30.7 Å². The van der Waals surface area contributed by atoms with E-state index in [4.69, 9.17) is 10.5 Å². The number of methoxy groups -OCH3 is 2. The molecule has 1 heterocycles. The highest BCUT2D eigenvalue weighted by atomic mass is 16.5. The van der Waals surface area contributed by atoms with Crippen LogP contribution in [0.5, 0.6) is 5.75 Å². The molecule has 0 unspecified atom stereocenters. The molecule has 4 rings (SSSR count). The summed E-state index contributed by atoms with van der Waals surface area (Å²) in [4.78, 5) is 86.3. The first-order chi connectivity index (χ1) is 27.6. The summed E-state index contributed by atoms with van der Waals surface area (Å²) in [7, 11) is 2.56. The third-order valence-electron chi connectivity index (χ3n) is 11.2. The molecule has 1 aromatic carbocycles. The highest BCUT2D eigenvalue weighted by Gasteiger charge is 2.45. The lowest BCUT2D eigenvalue weighted by atomic mass is 9.75. The quantitative estimate of drug-likeness (QED) is 0.0668. The smallest absolute Gasteiger partial charge is 0.322 e. The summed E-state index contributed by atoms with van der Waals surface area (Å²) in [6.07, 6.45) is 4.52. The summed E-state index contributed by atoms with van der Waals surface area (Å²) in [5.74, 6) is -5.86. The van der Waals surface area contributed by atoms with Crippen LogP contribution in [-0.4, -0.2) is 117 Å². The maximum Gasteiger partial charge on any atom is 0.322 e. The fourth-order valence-electron chi connectivity index (χ4n) is 7.71.